The van der Waals surface area contributed by atoms with Crippen LogP contribution in [0, 0.1) is 5.82 Å². The minimum Gasteiger partial charge on any atom is -0.461 e. The molecule has 2 aromatic heterocycles. The number of carbonyl (C=O) groups is 1. The molecule has 7 nitrogen and oxygen atoms in total. The van der Waals surface area contributed by atoms with Crippen LogP contribution in [0.25, 0.3) is 17.3 Å². The molecule has 10 heteroatoms. The summed E-state index contributed by atoms with van der Waals surface area (Å²) in [5.74, 6) is 0.370. The molecule has 0 unspecified atom stereocenters. The molecule has 0 aliphatic carbocycles. The van der Waals surface area contributed by atoms with E-state index < -0.39 is 0 Å². The summed E-state index contributed by atoms with van der Waals surface area (Å²) in [6, 6.07) is 16.9. The number of hydrogen-bond donors (Lipinski definition) is 1. The zero-order valence-corrected chi connectivity index (χ0v) is 18.3. The molecule has 0 aliphatic heterocycles. The molecule has 0 fully saturated rings. The van der Waals surface area contributed by atoms with Crippen molar-refractivity contribution in [1.82, 2.24) is 20.2 Å². The molecule has 1 N–H and O–H groups in total. The summed E-state index contributed by atoms with van der Waals surface area (Å²) in [6.07, 6.45) is 3.09. The zero-order valence-electron chi connectivity index (χ0n) is 15.9. The lowest BCUT2D eigenvalue weighted by molar-refractivity contribution is -0.118. The third kappa shape index (κ3) is 5.28. The number of carbonyl (C=O) groups excluding carboxylic acids is 1. The van der Waals surface area contributed by atoms with Gasteiger partial charge in [-0.15, -0.1) is 10.2 Å². The van der Waals surface area contributed by atoms with E-state index in [0.29, 0.717) is 22.4 Å². The van der Waals surface area contributed by atoms with Gasteiger partial charge in [-0.25, -0.2) is 9.82 Å². The molecule has 0 saturated carbocycles. The Bertz CT molecular complexity index is 1190. The fourth-order valence-corrected chi connectivity index (χ4v) is 3.65. The Morgan fingerprint density at radius 1 is 1.16 bits per heavy atom. The van der Waals surface area contributed by atoms with Gasteiger partial charge in [0.15, 0.2) is 10.9 Å². The lowest BCUT2D eigenvalue weighted by atomic mass is 10.2. The SMILES string of the molecule is O=C(CSc1nnc(-c2ccco2)n1-c1ccc(F)cc1)NN=Cc1ccc(Br)cc1. The third-order valence-corrected chi connectivity index (χ3v) is 5.52. The smallest absolute Gasteiger partial charge is 0.250 e. The number of rotatable bonds is 7. The van der Waals surface area contributed by atoms with E-state index in [1.54, 1.807) is 35.0 Å². The van der Waals surface area contributed by atoms with Gasteiger partial charge in [-0.3, -0.25) is 9.36 Å². The fraction of sp³-hybridized carbons (Fsp3) is 0.0476. The predicted molar refractivity (Wildman–Crippen MR) is 120 cm³/mol. The second kappa shape index (κ2) is 9.71. The lowest BCUT2D eigenvalue weighted by Gasteiger charge is -2.09. The molecule has 0 spiro atoms. The van der Waals surface area contributed by atoms with E-state index in [1.165, 1.54) is 30.2 Å². The molecule has 1 amide bonds. The Balaban J connectivity index is 1.47. The number of halogens is 2. The number of benzene rings is 2. The number of aromatic nitrogens is 3. The van der Waals surface area contributed by atoms with E-state index in [9.17, 15) is 9.18 Å². The first-order valence-electron chi connectivity index (χ1n) is 9.05. The molecule has 0 aliphatic rings. The summed E-state index contributed by atoms with van der Waals surface area (Å²) in [5.41, 5.74) is 3.99. The molecule has 0 radical (unpaired) electrons. The highest BCUT2D eigenvalue weighted by Gasteiger charge is 2.19. The normalized spacial score (nSPS) is 11.2. The van der Waals surface area contributed by atoms with Crippen LogP contribution >= 0.6 is 27.7 Å². The summed E-state index contributed by atoms with van der Waals surface area (Å²) in [7, 11) is 0. The topological polar surface area (TPSA) is 85.3 Å². The number of hydrogen-bond acceptors (Lipinski definition) is 6. The first-order valence-corrected chi connectivity index (χ1v) is 10.8. The van der Waals surface area contributed by atoms with Gasteiger partial charge < -0.3 is 4.42 Å². The second-order valence-electron chi connectivity index (χ2n) is 6.23. The van der Waals surface area contributed by atoms with Gasteiger partial charge in [0.25, 0.3) is 5.91 Å². The first-order chi connectivity index (χ1) is 15.1. The summed E-state index contributed by atoms with van der Waals surface area (Å²) < 4.78 is 21.5. The summed E-state index contributed by atoms with van der Waals surface area (Å²) in [5, 5.41) is 12.8. The Morgan fingerprint density at radius 2 is 1.94 bits per heavy atom. The first kappa shape index (κ1) is 21.0. The van der Waals surface area contributed by atoms with Crippen molar-refractivity contribution in [3.05, 3.63) is 82.8 Å². The molecule has 156 valence electrons. The van der Waals surface area contributed by atoms with E-state index in [0.717, 1.165) is 10.0 Å². The van der Waals surface area contributed by atoms with E-state index >= 15 is 0 Å². The van der Waals surface area contributed by atoms with Crippen molar-refractivity contribution < 1.29 is 13.6 Å². The largest absolute Gasteiger partial charge is 0.461 e. The van der Waals surface area contributed by atoms with Crippen LogP contribution in [-0.4, -0.2) is 32.6 Å². The highest BCUT2D eigenvalue weighted by molar-refractivity contribution is 9.10. The average molecular weight is 500 g/mol. The summed E-state index contributed by atoms with van der Waals surface area (Å²) in [6.45, 7) is 0. The molecule has 2 aromatic carbocycles. The summed E-state index contributed by atoms with van der Waals surface area (Å²) >= 11 is 4.55. The van der Waals surface area contributed by atoms with Crippen LogP contribution in [0.3, 0.4) is 0 Å². The fourth-order valence-electron chi connectivity index (χ4n) is 2.64. The average Bonchev–Trinajstić information content (AvgIpc) is 3.44. The van der Waals surface area contributed by atoms with Crippen LogP contribution in [0.15, 0.2) is 86.1 Å². The molecular weight excluding hydrogens is 485 g/mol. The monoisotopic (exact) mass is 499 g/mol. The van der Waals surface area contributed by atoms with Gasteiger partial charge in [-0.2, -0.15) is 5.10 Å². The van der Waals surface area contributed by atoms with Gasteiger partial charge in [0.2, 0.25) is 5.82 Å². The third-order valence-electron chi connectivity index (χ3n) is 4.06. The zero-order chi connectivity index (χ0) is 21.6. The lowest BCUT2D eigenvalue weighted by Crippen LogP contribution is -2.20. The predicted octanol–water partition coefficient (Wildman–Crippen LogP) is 4.67. The Labute approximate surface area is 189 Å². The van der Waals surface area contributed by atoms with Crippen LogP contribution in [-0.2, 0) is 4.79 Å². The Hall–Kier alpha value is -3.24. The maximum absolute atomic E-state index is 13.4. The number of furan rings is 1. The maximum atomic E-state index is 13.4. The molecule has 0 saturated heterocycles. The van der Waals surface area contributed by atoms with Crippen molar-refractivity contribution in [2.24, 2.45) is 5.10 Å². The van der Waals surface area contributed by atoms with Crippen LogP contribution in [0.1, 0.15) is 5.56 Å². The van der Waals surface area contributed by atoms with Crippen molar-refractivity contribution in [3.63, 3.8) is 0 Å². The second-order valence-corrected chi connectivity index (χ2v) is 8.09. The van der Waals surface area contributed by atoms with Crippen LogP contribution < -0.4 is 5.43 Å². The molecule has 4 aromatic rings. The molecule has 31 heavy (non-hydrogen) atoms. The Kier molecular flexibility index (Phi) is 6.58. The number of amides is 1. The van der Waals surface area contributed by atoms with Gasteiger partial charge in [-0.05, 0) is 54.1 Å². The molecule has 0 atom stereocenters. The van der Waals surface area contributed by atoms with E-state index in [2.05, 4.69) is 36.7 Å². The van der Waals surface area contributed by atoms with Crippen molar-refractivity contribution in [2.75, 3.05) is 5.75 Å². The standard InChI is InChI=1S/C21H15BrFN5O2S/c22-15-5-3-14(4-6-15)12-24-25-19(29)13-31-21-27-26-20(18-2-1-11-30-18)28(21)17-9-7-16(23)8-10-17/h1-12H,13H2,(H,25,29). The number of nitrogens with one attached hydrogen (secondary N) is 1. The van der Waals surface area contributed by atoms with Crippen LogP contribution in [0.2, 0.25) is 0 Å². The minimum atomic E-state index is -0.353. The highest BCUT2D eigenvalue weighted by atomic mass is 79.9. The molecule has 2 heterocycles. The number of nitrogens with zero attached hydrogens (tertiary/aromatic N) is 4. The number of thioether (sulfide) groups is 1. The van der Waals surface area contributed by atoms with Gasteiger partial charge in [0.05, 0.1) is 23.9 Å². The van der Waals surface area contributed by atoms with Crippen LogP contribution in [0.5, 0.6) is 0 Å². The van der Waals surface area contributed by atoms with Crippen molar-refractivity contribution in [1.29, 1.82) is 0 Å². The maximum Gasteiger partial charge on any atom is 0.250 e. The van der Waals surface area contributed by atoms with E-state index in [-0.39, 0.29) is 17.5 Å². The van der Waals surface area contributed by atoms with Gasteiger partial charge in [0, 0.05) is 4.47 Å². The highest BCUT2D eigenvalue weighted by Crippen LogP contribution is 2.28. The number of hydrazone groups is 1. The molecular formula is C21H15BrFN5O2S. The summed E-state index contributed by atoms with van der Waals surface area (Å²) in [4.78, 5) is 12.2. The minimum absolute atomic E-state index is 0.0646. The van der Waals surface area contributed by atoms with Crippen LogP contribution in [0.4, 0.5) is 4.39 Å². The van der Waals surface area contributed by atoms with Gasteiger partial charge >= 0.3 is 0 Å². The van der Waals surface area contributed by atoms with Crippen molar-refractivity contribution in [3.8, 4) is 17.3 Å². The molecule has 4 rings (SSSR count). The van der Waals surface area contributed by atoms with E-state index in [1.807, 2.05) is 24.3 Å². The Morgan fingerprint density at radius 3 is 2.65 bits per heavy atom. The van der Waals surface area contributed by atoms with Gasteiger partial charge in [0.1, 0.15) is 5.82 Å². The molecule has 0 bridgehead atoms. The van der Waals surface area contributed by atoms with Crippen molar-refractivity contribution >= 4 is 39.8 Å². The van der Waals surface area contributed by atoms with Gasteiger partial charge in [-0.1, -0.05) is 39.8 Å². The van der Waals surface area contributed by atoms with E-state index in [4.69, 9.17) is 4.42 Å². The quantitative estimate of drug-likeness (QED) is 0.227. The van der Waals surface area contributed by atoms with Crippen molar-refractivity contribution in [2.45, 2.75) is 5.16 Å².